The van der Waals surface area contributed by atoms with Crippen molar-refractivity contribution < 1.29 is 4.79 Å². The number of H-pyrrole nitrogens is 1. The van der Waals surface area contributed by atoms with E-state index in [0.29, 0.717) is 0 Å². The average Bonchev–Trinajstić information content (AvgIpc) is 2.26. The Morgan fingerprint density at radius 1 is 1.59 bits per heavy atom. The number of anilines is 1. The molecule has 1 heterocycles. The zero-order valence-electron chi connectivity index (χ0n) is 8.90. The third-order valence-corrected chi connectivity index (χ3v) is 1.91. The molecule has 90 valence electrons. The third-order valence-electron chi connectivity index (χ3n) is 1.91. The lowest BCUT2D eigenvalue weighted by Crippen LogP contribution is -2.36. The van der Waals surface area contributed by atoms with Gasteiger partial charge in [0, 0.05) is 12.7 Å². The molecule has 0 aliphatic heterocycles. The number of aromatic amines is 1. The standard InChI is InChI=1S/C9H11N5O3/c10-2-1-3-12-7(15)5-14-4-6(11)8(16)13-9(14)17/h4H,1,3,5,11H2,(H,12,15)(H,13,16,17). The van der Waals surface area contributed by atoms with Gasteiger partial charge >= 0.3 is 5.69 Å². The Kier molecular flexibility index (Phi) is 4.05. The molecule has 0 atom stereocenters. The summed E-state index contributed by atoms with van der Waals surface area (Å²) in [4.78, 5) is 35.5. The van der Waals surface area contributed by atoms with Crippen LogP contribution in [-0.4, -0.2) is 22.0 Å². The van der Waals surface area contributed by atoms with Gasteiger partial charge in [-0.2, -0.15) is 5.26 Å². The quantitative estimate of drug-likeness (QED) is 0.528. The summed E-state index contributed by atoms with van der Waals surface area (Å²) in [5.41, 5.74) is 3.77. The van der Waals surface area contributed by atoms with Crippen molar-refractivity contribution in [1.82, 2.24) is 14.9 Å². The maximum atomic E-state index is 11.3. The number of hydrogen-bond donors (Lipinski definition) is 3. The van der Waals surface area contributed by atoms with Crippen LogP contribution >= 0.6 is 0 Å². The molecule has 0 aliphatic rings. The van der Waals surface area contributed by atoms with Crippen LogP contribution in [0.2, 0.25) is 0 Å². The maximum Gasteiger partial charge on any atom is 0.328 e. The van der Waals surface area contributed by atoms with Crippen LogP contribution in [0.5, 0.6) is 0 Å². The van der Waals surface area contributed by atoms with Crippen LogP contribution in [-0.2, 0) is 11.3 Å². The first-order chi connectivity index (χ1) is 8.04. The zero-order valence-corrected chi connectivity index (χ0v) is 8.90. The summed E-state index contributed by atoms with van der Waals surface area (Å²) in [7, 11) is 0. The first kappa shape index (κ1) is 12.5. The summed E-state index contributed by atoms with van der Waals surface area (Å²) in [5, 5.41) is 10.7. The van der Waals surface area contributed by atoms with Gasteiger partial charge in [0.1, 0.15) is 12.2 Å². The number of nitrogens with one attached hydrogen (secondary N) is 2. The van der Waals surface area contributed by atoms with Gasteiger partial charge in [-0.25, -0.2) is 4.79 Å². The highest BCUT2D eigenvalue weighted by Gasteiger charge is 2.06. The normalized spacial score (nSPS) is 9.59. The lowest BCUT2D eigenvalue weighted by molar-refractivity contribution is -0.121. The van der Waals surface area contributed by atoms with E-state index in [1.807, 2.05) is 11.1 Å². The highest BCUT2D eigenvalue weighted by Crippen LogP contribution is 1.87. The zero-order chi connectivity index (χ0) is 12.8. The van der Waals surface area contributed by atoms with E-state index in [1.165, 1.54) is 0 Å². The molecule has 8 nitrogen and oxygen atoms in total. The Balaban J connectivity index is 2.73. The number of rotatable bonds is 4. The Labute approximate surface area is 95.7 Å². The minimum absolute atomic E-state index is 0.144. The maximum absolute atomic E-state index is 11.3. The number of carbonyl (C=O) groups excluding carboxylic acids is 1. The van der Waals surface area contributed by atoms with Crippen molar-refractivity contribution in [3.63, 3.8) is 0 Å². The summed E-state index contributed by atoms with van der Waals surface area (Å²) in [6.07, 6.45) is 1.29. The molecule has 0 aliphatic carbocycles. The van der Waals surface area contributed by atoms with Crippen LogP contribution in [0.1, 0.15) is 6.42 Å². The van der Waals surface area contributed by atoms with Crippen molar-refractivity contribution in [1.29, 1.82) is 5.26 Å². The molecule has 1 rings (SSSR count). The van der Waals surface area contributed by atoms with E-state index in [4.69, 9.17) is 11.0 Å². The first-order valence-corrected chi connectivity index (χ1v) is 4.77. The number of carbonyl (C=O) groups is 1. The van der Waals surface area contributed by atoms with Crippen molar-refractivity contribution in [3.05, 3.63) is 27.0 Å². The number of aromatic nitrogens is 2. The minimum atomic E-state index is -0.709. The highest BCUT2D eigenvalue weighted by atomic mass is 16.2. The van der Waals surface area contributed by atoms with Gasteiger partial charge < -0.3 is 11.1 Å². The van der Waals surface area contributed by atoms with Crippen LogP contribution in [0, 0.1) is 11.3 Å². The molecule has 0 spiro atoms. The lowest BCUT2D eigenvalue weighted by atomic mass is 10.4. The van der Waals surface area contributed by atoms with Gasteiger partial charge in [-0.15, -0.1) is 0 Å². The van der Waals surface area contributed by atoms with E-state index >= 15 is 0 Å². The van der Waals surface area contributed by atoms with Crippen molar-refractivity contribution >= 4 is 11.6 Å². The van der Waals surface area contributed by atoms with E-state index in [9.17, 15) is 14.4 Å². The number of nitrogen functional groups attached to an aromatic ring is 1. The van der Waals surface area contributed by atoms with Gasteiger partial charge in [-0.3, -0.25) is 19.1 Å². The number of amides is 1. The SMILES string of the molecule is N#CCCNC(=O)Cn1cc(N)c(=O)[nH]c1=O. The monoisotopic (exact) mass is 237 g/mol. The van der Waals surface area contributed by atoms with Gasteiger partial charge in [0.05, 0.1) is 12.5 Å². The van der Waals surface area contributed by atoms with Gasteiger partial charge in [-0.1, -0.05) is 0 Å². The second-order valence-corrected chi connectivity index (χ2v) is 3.23. The summed E-state index contributed by atoms with van der Waals surface area (Å²) in [5.74, 6) is -0.436. The van der Waals surface area contributed by atoms with Crippen LogP contribution in [0.4, 0.5) is 5.69 Å². The largest absolute Gasteiger partial charge is 0.393 e. The predicted octanol–water partition coefficient (Wildman–Crippen LogP) is -1.85. The van der Waals surface area contributed by atoms with E-state index in [0.717, 1.165) is 10.8 Å². The summed E-state index contributed by atoms with van der Waals surface area (Å²) >= 11 is 0. The van der Waals surface area contributed by atoms with Crippen molar-refractivity contribution in [2.45, 2.75) is 13.0 Å². The summed E-state index contributed by atoms with van der Waals surface area (Å²) in [6.45, 7) is -0.0475. The predicted molar refractivity (Wildman–Crippen MR) is 59.0 cm³/mol. The average molecular weight is 237 g/mol. The molecule has 1 amide bonds. The molecule has 17 heavy (non-hydrogen) atoms. The van der Waals surface area contributed by atoms with Crippen molar-refractivity contribution in [3.8, 4) is 6.07 Å². The van der Waals surface area contributed by atoms with Gasteiger partial charge in [-0.05, 0) is 0 Å². The van der Waals surface area contributed by atoms with Crippen LogP contribution in [0.15, 0.2) is 15.8 Å². The Hall–Kier alpha value is -2.56. The van der Waals surface area contributed by atoms with E-state index in [-0.39, 0.29) is 25.2 Å². The fourth-order valence-corrected chi connectivity index (χ4v) is 1.11. The first-order valence-electron chi connectivity index (χ1n) is 4.77. The second-order valence-electron chi connectivity index (χ2n) is 3.23. The Morgan fingerprint density at radius 3 is 2.94 bits per heavy atom. The molecule has 1 aromatic rings. The molecule has 0 radical (unpaired) electrons. The minimum Gasteiger partial charge on any atom is -0.393 e. The fraction of sp³-hybridized carbons (Fsp3) is 0.333. The molecule has 1 aromatic heterocycles. The fourth-order valence-electron chi connectivity index (χ4n) is 1.11. The van der Waals surface area contributed by atoms with E-state index in [1.54, 1.807) is 0 Å². The number of nitriles is 1. The molecule has 0 saturated heterocycles. The summed E-state index contributed by atoms with van der Waals surface area (Å²) in [6, 6.07) is 1.86. The van der Waals surface area contributed by atoms with Crippen LogP contribution in [0.25, 0.3) is 0 Å². The molecule has 0 unspecified atom stereocenters. The molecule has 0 fully saturated rings. The van der Waals surface area contributed by atoms with Crippen LogP contribution in [0.3, 0.4) is 0 Å². The van der Waals surface area contributed by atoms with Gasteiger partial charge in [0.25, 0.3) is 5.56 Å². The van der Waals surface area contributed by atoms with Gasteiger partial charge in [0.15, 0.2) is 0 Å². The summed E-state index contributed by atoms with van der Waals surface area (Å²) < 4.78 is 0.985. The smallest absolute Gasteiger partial charge is 0.328 e. The van der Waals surface area contributed by atoms with Crippen LogP contribution < -0.4 is 22.3 Å². The van der Waals surface area contributed by atoms with Crippen molar-refractivity contribution in [2.75, 3.05) is 12.3 Å². The molecule has 0 bridgehead atoms. The van der Waals surface area contributed by atoms with E-state index in [2.05, 4.69) is 5.32 Å². The number of hydrogen-bond acceptors (Lipinski definition) is 5. The second kappa shape index (κ2) is 5.50. The Morgan fingerprint density at radius 2 is 2.29 bits per heavy atom. The van der Waals surface area contributed by atoms with Gasteiger partial charge in [0.2, 0.25) is 5.91 Å². The molecular weight excluding hydrogens is 226 g/mol. The molecular formula is C9H11N5O3. The topological polar surface area (TPSA) is 134 Å². The highest BCUT2D eigenvalue weighted by molar-refractivity contribution is 5.75. The third kappa shape index (κ3) is 3.49. The van der Waals surface area contributed by atoms with E-state index < -0.39 is 17.2 Å². The molecule has 0 saturated carbocycles. The number of nitrogens with two attached hydrogens (primary N) is 1. The van der Waals surface area contributed by atoms with Crippen molar-refractivity contribution in [2.24, 2.45) is 0 Å². The lowest BCUT2D eigenvalue weighted by Gasteiger charge is -2.05. The number of nitrogens with zero attached hydrogens (tertiary/aromatic N) is 2. The molecule has 4 N–H and O–H groups in total. The molecule has 0 aromatic carbocycles. The Bertz CT molecular complexity index is 565. The molecule has 8 heteroatoms.